The Bertz CT molecular complexity index is 6640. The summed E-state index contributed by atoms with van der Waals surface area (Å²) in [4.78, 5) is 109. The highest BCUT2D eigenvalue weighted by Gasteiger charge is 2.43. The molecule has 0 aliphatic carbocycles. The van der Waals surface area contributed by atoms with E-state index in [0.29, 0.717) is 162 Å². The minimum atomic E-state index is -0.480. The number of carbonyl (C=O) groups is 6. The molecule has 0 bridgehead atoms. The number of imide groups is 2. The monoisotopic (exact) mass is 1740 g/mol. The molecule has 15 aromatic carbocycles. The number of methoxy groups -OCH3 is 4. The van der Waals surface area contributed by atoms with Crippen molar-refractivity contribution in [2.75, 3.05) is 110 Å². The van der Waals surface area contributed by atoms with E-state index in [4.69, 9.17) is 18.9 Å². The Hall–Kier alpha value is -15.7. The lowest BCUT2D eigenvalue weighted by Gasteiger charge is -2.36. The summed E-state index contributed by atoms with van der Waals surface area (Å²) in [5.74, 6) is 15.1. The summed E-state index contributed by atoms with van der Waals surface area (Å²) in [6, 6.07) is 86.3. The molecule has 0 saturated carbocycles. The van der Waals surface area contributed by atoms with Crippen molar-refractivity contribution in [2.45, 2.75) is 79.1 Å². The van der Waals surface area contributed by atoms with Crippen LogP contribution >= 0.6 is 0 Å². The number of para-hydroxylation sites is 2. The lowest BCUT2D eigenvalue weighted by atomic mass is 9.79. The first kappa shape index (κ1) is 85.8. The zero-order chi connectivity index (χ0) is 91.6. The van der Waals surface area contributed by atoms with Crippen LogP contribution < -0.4 is 48.3 Å². The van der Waals surface area contributed by atoms with Gasteiger partial charge in [-0.05, 0) is 275 Å². The molecule has 0 radical (unpaired) electrons. The van der Waals surface area contributed by atoms with Gasteiger partial charge in [0.15, 0.2) is 0 Å². The van der Waals surface area contributed by atoms with Crippen molar-refractivity contribution < 1.29 is 47.7 Å². The van der Waals surface area contributed by atoms with E-state index in [1.807, 2.05) is 252 Å². The zero-order valence-electron chi connectivity index (χ0n) is 76.0. The second kappa shape index (κ2) is 35.4. The van der Waals surface area contributed by atoms with Crippen LogP contribution in [0, 0.1) is 23.7 Å². The summed E-state index contributed by atoms with van der Waals surface area (Å²) in [5, 5.41) is 4.85. The first-order valence-corrected chi connectivity index (χ1v) is 45.1. The molecule has 0 unspecified atom stereocenters. The first-order valence-electron chi connectivity index (χ1n) is 45.1. The molecule has 0 aromatic heterocycles. The van der Waals surface area contributed by atoms with Crippen LogP contribution in [-0.4, -0.2) is 126 Å². The predicted octanol–water partition coefficient (Wildman–Crippen LogP) is 23.5. The molecule has 6 amide bonds. The fraction of sp³-hybridized carbons (Fsp3) is 0.211. The summed E-state index contributed by atoms with van der Waals surface area (Å²) in [5.41, 5.74) is 16.9. The molecule has 15 aromatic rings. The van der Waals surface area contributed by atoms with Crippen LogP contribution in [0.15, 0.2) is 267 Å². The van der Waals surface area contributed by atoms with Crippen molar-refractivity contribution in [3.8, 4) is 46.7 Å². The zero-order valence-corrected chi connectivity index (χ0v) is 76.0. The van der Waals surface area contributed by atoms with Crippen LogP contribution in [0.3, 0.4) is 0 Å². The summed E-state index contributed by atoms with van der Waals surface area (Å²) in [6.07, 6.45) is 0. The van der Waals surface area contributed by atoms with Gasteiger partial charge in [-0.2, -0.15) is 0 Å². The molecule has 132 heavy (non-hydrogen) atoms. The van der Waals surface area contributed by atoms with Gasteiger partial charge < -0.3 is 48.3 Å². The number of carbonyl (C=O) groups excluding carboxylic acids is 6. The quantitative estimate of drug-likeness (QED) is 0.0306. The van der Waals surface area contributed by atoms with Crippen LogP contribution in [0.25, 0.3) is 43.1 Å². The Morgan fingerprint density at radius 1 is 0.295 bits per heavy atom. The van der Waals surface area contributed by atoms with Crippen molar-refractivity contribution in [1.82, 2.24) is 9.80 Å². The molecule has 656 valence electrons. The molecular formula is C114H100N8O10. The van der Waals surface area contributed by atoms with Crippen molar-refractivity contribution in [3.05, 3.63) is 345 Å². The average Bonchev–Trinajstić information content (AvgIpc) is 0.676. The third-order valence-electron chi connectivity index (χ3n) is 26.3. The number of hydrogen-bond acceptors (Lipinski definition) is 14. The van der Waals surface area contributed by atoms with Gasteiger partial charge in [-0.1, -0.05) is 128 Å². The van der Waals surface area contributed by atoms with Crippen LogP contribution in [-0.2, 0) is 0 Å². The lowest BCUT2D eigenvalue weighted by Crippen LogP contribution is -2.48. The van der Waals surface area contributed by atoms with E-state index in [0.717, 1.165) is 90.8 Å². The number of ether oxygens (including phenoxy) is 4. The number of fused-ring (bicyclic) bond motifs is 2. The number of benzene rings is 15. The smallest absolute Gasteiger partial charge is 0.266 e. The van der Waals surface area contributed by atoms with E-state index in [1.165, 1.54) is 9.80 Å². The third-order valence-corrected chi connectivity index (χ3v) is 26.3. The maximum Gasteiger partial charge on any atom is 0.266 e. The van der Waals surface area contributed by atoms with Crippen LogP contribution in [0.5, 0.6) is 23.0 Å². The van der Waals surface area contributed by atoms with Crippen molar-refractivity contribution >= 4 is 135 Å². The number of amides is 6. The minimum absolute atomic E-state index is 0.0475. The van der Waals surface area contributed by atoms with E-state index in [1.54, 1.807) is 28.4 Å². The number of nitrogens with zero attached hydrogens (tertiary/aromatic N) is 8. The molecular weight excluding hydrogens is 1640 g/mol. The van der Waals surface area contributed by atoms with Gasteiger partial charge in [0.1, 0.15) is 23.0 Å². The fourth-order valence-corrected chi connectivity index (χ4v) is 19.4. The molecule has 4 heterocycles. The first-order chi connectivity index (χ1) is 64.1. The van der Waals surface area contributed by atoms with Gasteiger partial charge >= 0.3 is 0 Å². The summed E-state index contributed by atoms with van der Waals surface area (Å²) in [6.45, 7) is 21.0. The molecule has 2 fully saturated rings. The van der Waals surface area contributed by atoms with Crippen molar-refractivity contribution in [2.24, 2.45) is 0 Å². The second-order valence-electron chi connectivity index (χ2n) is 35.3. The maximum atomic E-state index is 16.3. The summed E-state index contributed by atoms with van der Waals surface area (Å²) < 4.78 is 21.9. The second-order valence-corrected chi connectivity index (χ2v) is 35.3. The SMILES string of the molecule is COc1ccc(N(c2ccc(OC)cc2)c2ccc(C(=O)N3CCN(c4ccc(C#Cc5cc6c7c(ccc8c9c(C#Cc%10ccc(N%11CCN(C(=O)c%12ccc(N(c%13ccc(OC)cc%13)c%13ccc(OC)cc%13)cc%12)CC%11)cc%10)cc%10c%11c(ccc(c5c78)c%119)C(=O)N(c5c(C(C)C)cccc5C(C)C)C%10=O)C(=O)N(c5c(C(C)C)cccc5C(C)C)C6=O)cc4)CC3)cc2)cc1. The Morgan fingerprint density at radius 3 is 0.841 bits per heavy atom. The van der Waals surface area contributed by atoms with E-state index >= 15 is 19.2 Å². The molecule has 18 nitrogen and oxygen atoms in total. The molecule has 0 N–H and O–H groups in total. The van der Waals surface area contributed by atoms with Crippen molar-refractivity contribution in [1.29, 1.82) is 0 Å². The van der Waals surface area contributed by atoms with Crippen molar-refractivity contribution in [3.63, 3.8) is 0 Å². The molecule has 2 saturated heterocycles. The highest BCUT2D eigenvalue weighted by molar-refractivity contribution is 6.46. The largest absolute Gasteiger partial charge is 0.497 e. The molecule has 0 atom stereocenters. The van der Waals surface area contributed by atoms with Gasteiger partial charge in [0.2, 0.25) is 0 Å². The lowest BCUT2D eigenvalue weighted by molar-refractivity contribution is 0.0739. The summed E-state index contributed by atoms with van der Waals surface area (Å²) >= 11 is 0. The van der Waals surface area contributed by atoms with Crippen LogP contribution in [0.2, 0.25) is 0 Å². The van der Waals surface area contributed by atoms with Crippen LogP contribution in [0.1, 0.15) is 186 Å². The molecule has 0 spiro atoms. The fourth-order valence-electron chi connectivity index (χ4n) is 19.4. The number of hydrogen-bond donors (Lipinski definition) is 0. The Labute approximate surface area is 769 Å². The highest BCUT2D eigenvalue weighted by atomic mass is 16.5. The predicted molar refractivity (Wildman–Crippen MR) is 529 cm³/mol. The number of anilines is 10. The maximum absolute atomic E-state index is 16.3. The Morgan fingerprint density at radius 2 is 0.568 bits per heavy atom. The van der Waals surface area contributed by atoms with E-state index in [-0.39, 0.29) is 35.5 Å². The molecule has 18 heteroatoms. The standard InChI is InChI=1S/C114H100N8O10/c1-69(2)91-15-13-16-92(70(3)4)107(91)121-111(125)97-57-55-95-102-78(26-20-74-23-33-80(34-24-74)116-61-65-118(66-62-116)110(124)76-29-37-82(38-30-76)120(85-43-51-89(131-11)52-44-85)86-45-53-90(132-12)54-46-86)68-100-104-98(112(126)122(114(100)128)108-93(71(5)6)17-14-18-94(108)72(7)8)58-56-96(106(102)104)101-77(67-99(113(121)127)103(97)105(95)101)25-19-73-21-31-79(32-22-73)115-59-63-117(64-60-115)109(123)75-27-35-81(36-28-75)119(83-39-47-87(129-9)48-40-83)84-41-49-88(130-10)50-42-84/h13-18,21-24,27-58,67-72H,59-66H2,1-12H3. The molecule has 19 rings (SSSR count). The number of rotatable bonds is 20. The van der Waals surface area contributed by atoms with Crippen LogP contribution in [0.4, 0.5) is 56.9 Å². The highest BCUT2D eigenvalue weighted by Crippen LogP contribution is 2.52. The molecule has 4 aliphatic rings. The molecule has 4 aliphatic heterocycles. The van der Waals surface area contributed by atoms with E-state index in [9.17, 15) is 9.59 Å². The minimum Gasteiger partial charge on any atom is -0.497 e. The van der Waals surface area contributed by atoms with E-state index < -0.39 is 23.6 Å². The average molecular weight is 1740 g/mol. The normalized spacial score (nSPS) is 13.8. The van der Waals surface area contributed by atoms with Gasteiger partial charge in [-0.3, -0.25) is 28.8 Å². The Kier molecular flexibility index (Phi) is 23.0. The van der Waals surface area contributed by atoms with Gasteiger partial charge in [0.25, 0.3) is 35.4 Å². The number of piperazine rings is 2. The van der Waals surface area contributed by atoms with Gasteiger partial charge in [0.05, 0.1) is 50.9 Å². The van der Waals surface area contributed by atoms with Gasteiger partial charge in [-0.25, -0.2) is 9.80 Å². The Balaban J connectivity index is 0.666. The van der Waals surface area contributed by atoms with E-state index in [2.05, 4.69) is 123 Å². The third kappa shape index (κ3) is 15.4. The van der Waals surface area contributed by atoms with Gasteiger partial charge in [0, 0.05) is 175 Å². The van der Waals surface area contributed by atoms with Gasteiger partial charge in [-0.15, -0.1) is 0 Å². The topological polar surface area (TPSA) is 165 Å². The summed E-state index contributed by atoms with van der Waals surface area (Å²) in [7, 11) is 6.59.